The lowest BCUT2D eigenvalue weighted by Gasteiger charge is -2.11. The Balaban J connectivity index is 2.12. The van der Waals surface area contributed by atoms with Gasteiger partial charge in [0.05, 0.1) is 11.6 Å². The highest BCUT2D eigenvalue weighted by atomic mass is 19.1. The van der Waals surface area contributed by atoms with E-state index in [9.17, 15) is 9.18 Å². The third-order valence-electron chi connectivity index (χ3n) is 2.72. The quantitative estimate of drug-likeness (QED) is 0.728. The van der Waals surface area contributed by atoms with Gasteiger partial charge in [-0.05, 0) is 25.1 Å². The van der Waals surface area contributed by atoms with Gasteiger partial charge in [0.1, 0.15) is 24.6 Å². The molecule has 0 saturated carbocycles. The summed E-state index contributed by atoms with van der Waals surface area (Å²) in [5, 5.41) is 17.5. The SMILES string of the molecule is CC(NC(=O)c1ccc(C#CCO)cc1F)c1ncn[nH]1. The number of carbonyl (C=O) groups excluding carboxylic acids is 1. The number of aromatic nitrogens is 3. The Bertz CT molecular complexity index is 689. The van der Waals surface area contributed by atoms with Crippen molar-refractivity contribution in [2.24, 2.45) is 0 Å². The van der Waals surface area contributed by atoms with E-state index < -0.39 is 17.8 Å². The molecule has 0 aliphatic carbocycles. The smallest absolute Gasteiger partial charge is 0.254 e. The van der Waals surface area contributed by atoms with E-state index in [-0.39, 0.29) is 12.2 Å². The maximum absolute atomic E-state index is 13.9. The molecule has 108 valence electrons. The van der Waals surface area contributed by atoms with Crippen LogP contribution in [0.5, 0.6) is 0 Å². The number of hydrogen-bond donors (Lipinski definition) is 3. The van der Waals surface area contributed by atoms with Gasteiger partial charge in [0.15, 0.2) is 0 Å². The summed E-state index contributed by atoms with van der Waals surface area (Å²) in [4.78, 5) is 15.9. The van der Waals surface area contributed by atoms with E-state index in [1.807, 2.05) is 0 Å². The first-order valence-corrected chi connectivity index (χ1v) is 6.17. The molecule has 1 atom stereocenters. The van der Waals surface area contributed by atoms with Gasteiger partial charge in [-0.15, -0.1) is 0 Å². The average Bonchev–Trinajstić information content (AvgIpc) is 2.99. The standard InChI is InChI=1S/C14H13FN4O2/c1-9(13-16-8-17-19-13)18-14(21)11-5-4-10(3-2-6-20)7-12(11)15/h4-5,7-9,20H,6H2,1H3,(H,18,21)(H,16,17,19). The number of carbonyl (C=O) groups is 1. The number of amides is 1. The highest BCUT2D eigenvalue weighted by molar-refractivity contribution is 5.94. The van der Waals surface area contributed by atoms with Crippen molar-refractivity contribution in [2.45, 2.75) is 13.0 Å². The second-order valence-electron chi connectivity index (χ2n) is 4.22. The first kappa shape index (κ1) is 14.7. The summed E-state index contributed by atoms with van der Waals surface area (Å²) in [6.07, 6.45) is 1.33. The maximum atomic E-state index is 13.9. The summed E-state index contributed by atoms with van der Waals surface area (Å²) in [5.41, 5.74) is 0.303. The van der Waals surface area contributed by atoms with Gasteiger partial charge < -0.3 is 10.4 Å². The van der Waals surface area contributed by atoms with Crippen molar-refractivity contribution in [3.05, 3.63) is 47.3 Å². The zero-order chi connectivity index (χ0) is 15.2. The largest absolute Gasteiger partial charge is 0.384 e. The van der Waals surface area contributed by atoms with Crippen LogP contribution in [0.15, 0.2) is 24.5 Å². The maximum Gasteiger partial charge on any atom is 0.254 e. The van der Waals surface area contributed by atoms with Crippen molar-refractivity contribution >= 4 is 5.91 Å². The first-order chi connectivity index (χ1) is 10.1. The number of nitrogens with zero attached hydrogens (tertiary/aromatic N) is 2. The monoisotopic (exact) mass is 288 g/mol. The molecule has 1 unspecified atom stereocenters. The molecule has 0 saturated heterocycles. The van der Waals surface area contributed by atoms with E-state index in [4.69, 9.17) is 5.11 Å². The van der Waals surface area contributed by atoms with Crippen molar-refractivity contribution in [3.63, 3.8) is 0 Å². The number of aliphatic hydroxyl groups is 1. The number of rotatable bonds is 3. The van der Waals surface area contributed by atoms with Crippen molar-refractivity contribution < 1.29 is 14.3 Å². The normalized spacial score (nSPS) is 11.4. The lowest BCUT2D eigenvalue weighted by atomic mass is 10.1. The Hall–Kier alpha value is -2.72. The molecule has 0 aliphatic heterocycles. The molecule has 21 heavy (non-hydrogen) atoms. The fraction of sp³-hybridized carbons (Fsp3) is 0.214. The minimum atomic E-state index is -0.679. The molecule has 0 aliphatic rings. The van der Waals surface area contributed by atoms with Crippen molar-refractivity contribution in [1.82, 2.24) is 20.5 Å². The van der Waals surface area contributed by atoms with Crippen molar-refractivity contribution in [2.75, 3.05) is 6.61 Å². The van der Waals surface area contributed by atoms with Gasteiger partial charge in [0.25, 0.3) is 5.91 Å². The molecule has 0 fully saturated rings. The number of hydrogen-bond acceptors (Lipinski definition) is 4. The Labute approximate surface area is 120 Å². The van der Waals surface area contributed by atoms with Gasteiger partial charge in [-0.1, -0.05) is 11.8 Å². The number of aromatic amines is 1. The predicted octanol–water partition coefficient (Wildman–Crippen LogP) is 0.779. The number of H-pyrrole nitrogens is 1. The molecule has 6 nitrogen and oxygen atoms in total. The minimum Gasteiger partial charge on any atom is -0.384 e. The summed E-state index contributed by atoms with van der Waals surface area (Å²) < 4.78 is 13.9. The molecular weight excluding hydrogens is 275 g/mol. The zero-order valence-corrected chi connectivity index (χ0v) is 11.2. The van der Waals surface area contributed by atoms with Crippen LogP contribution in [0.4, 0.5) is 4.39 Å². The third-order valence-corrected chi connectivity index (χ3v) is 2.72. The molecular formula is C14H13FN4O2. The van der Waals surface area contributed by atoms with E-state index in [0.29, 0.717) is 11.4 Å². The zero-order valence-electron chi connectivity index (χ0n) is 11.2. The van der Waals surface area contributed by atoms with Crippen LogP contribution in [0.25, 0.3) is 0 Å². The minimum absolute atomic E-state index is 0.0871. The van der Waals surface area contributed by atoms with Crippen LogP contribution < -0.4 is 5.32 Å². The van der Waals surface area contributed by atoms with E-state index in [2.05, 4.69) is 32.3 Å². The second kappa shape index (κ2) is 6.63. The molecule has 7 heteroatoms. The van der Waals surface area contributed by atoms with Crippen molar-refractivity contribution in [3.8, 4) is 11.8 Å². The molecule has 0 radical (unpaired) electrons. The highest BCUT2D eigenvalue weighted by Crippen LogP contribution is 2.12. The van der Waals surface area contributed by atoms with Crippen LogP contribution in [-0.2, 0) is 0 Å². The molecule has 1 aromatic heterocycles. The van der Waals surface area contributed by atoms with Gasteiger partial charge in [-0.25, -0.2) is 9.37 Å². The van der Waals surface area contributed by atoms with Crippen LogP contribution in [0.2, 0.25) is 0 Å². The molecule has 2 rings (SSSR count). The lowest BCUT2D eigenvalue weighted by molar-refractivity contribution is 0.0934. The number of aliphatic hydroxyl groups excluding tert-OH is 1. The Morgan fingerprint density at radius 1 is 1.57 bits per heavy atom. The molecule has 1 aromatic carbocycles. The molecule has 0 bridgehead atoms. The van der Waals surface area contributed by atoms with E-state index in [1.54, 1.807) is 6.92 Å². The van der Waals surface area contributed by atoms with Crippen LogP contribution in [0.3, 0.4) is 0 Å². The molecule has 2 aromatic rings. The molecule has 1 heterocycles. The van der Waals surface area contributed by atoms with Gasteiger partial charge in [0, 0.05) is 5.56 Å². The van der Waals surface area contributed by atoms with Crippen LogP contribution in [0, 0.1) is 17.7 Å². The van der Waals surface area contributed by atoms with Crippen LogP contribution in [0.1, 0.15) is 34.7 Å². The third kappa shape index (κ3) is 3.64. The summed E-state index contributed by atoms with van der Waals surface area (Å²) in [7, 11) is 0. The van der Waals surface area contributed by atoms with Crippen molar-refractivity contribution in [1.29, 1.82) is 0 Å². The second-order valence-corrected chi connectivity index (χ2v) is 4.22. The Kier molecular flexibility index (Phi) is 4.64. The highest BCUT2D eigenvalue weighted by Gasteiger charge is 2.16. The number of halogens is 1. The first-order valence-electron chi connectivity index (χ1n) is 6.17. The van der Waals surface area contributed by atoms with Gasteiger partial charge in [0.2, 0.25) is 0 Å². The molecule has 0 spiro atoms. The average molecular weight is 288 g/mol. The van der Waals surface area contributed by atoms with Gasteiger partial charge in [-0.3, -0.25) is 9.89 Å². The van der Waals surface area contributed by atoms with E-state index in [0.717, 1.165) is 6.07 Å². The van der Waals surface area contributed by atoms with Gasteiger partial charge >= 0.3 is 0 Å². The number of benzene rings is 1. The van der Waals surface area contributed by atoms with Crippen LogP contribution >= 0.6 is 0 Å². The Morgan fingerprint density at radius 2 is 2.38 bits per heavy atom. The summed E-state index contributed by atoms with van der Waals surface area (Å²) in [5.74, 6) is 4.22. The fourth-order valence-electron chi connectivity index (χ4n) is 1.68. The summed E-state index contributed by atoms with van der Waals surface area (Å²) in [6.45, 7) is 1.40. The molecule has 1 amide bonds. The summed E-state index contributed by atoms with van der Waals surface area (Å²) >= 11 is 0. The molecule has 3 N–H and O–H groups in total. The topological polar surface area (TPSA) is 90.9 Å². The number of nitrogens with one attached hydrogen (secondary N) is 2. The van der Waals surface area contributed by atoms with Gasteiger partial charge in [-0.2, -0.15) is 5.10 Å². The summed E-state index contributed by atoms with van der Waals surface area (Å²) in [6, 6.07) is 3.59. The van der Waals surface area contributed by atoms with Crippen LogP contribution in [-0.4, -0.2) is 32.8 Å². The Morgan fingerprint density at radius 3 is 3.00 bits per heavy atom. The fourth-order valence-corrected chi connectivity index (χ4v) is 1.68. The van der Waals surface area contributed by atoms with E-state index in [1.165, 1.54) is 18.5 Å². The predicted molar refractivity (Wildman–Crippen MR) is 72.6 cm³/mol. The lowest BCUT2D eigenvalue weighted by Crippen LogP contribution is -2.28. The van der Waals surface area contributed by atoms with E-state index >= 15 is 0 Å².